The highest BCUT2D eigenvalue weighted by Crippen LogP contribution is 2.17. The maximum absolute atomic E-state index is 10.1. The average Bonchev–Trinajstić information content (AvgIpc) is 2.20. The van der Waals surface area contributed by atoms with Gasteiger partial charge in [-0.05, 0) is 23.3 Å². The third-order valence-corrected chi connectivity index (χ3v) is 2.04. The Labute approximate surface area is 87.8 Å². The van der Waals surface area contributed by atoms with Gasteiger partial charge in [-0.2, -0.15) is 0 Å². The molecule has 3 heteroatoms. The lowest BCUT2D eigenvalue weighted by Crippen LogP contribution is -1.87. The molecule has 74 valence electrons. The van der Waals surface area contributed by atoms with Gasteiger partial charge >= 0.3 is 0 Å². The quantitative estimate of drug-likeness (QED) is 0.776. The lowest BCUT2D eigenvalue weighted by molar-refractivity contribution is -0.107. The molecular formula is C11H11ClO2. The van der Waals surface area contributed by atoms with E-state index in [4.69, 9.17) is 16.7 Å². The van der Waals surface area contributed by atoms with Gasteiger partial charge in [0, 0.05) is 11.4 Å². The highest BCUT2D eigenvalue weighted by atomic mass is 35.5. The van der Waals surface area contributed by atoms with E-state index in [1.54, 1.807) is 24.3 Å². The third kappa shape index (κ3) is 2.98. The van der Waals surface area contributed by atoms with Gasteiger partial charge in [0.05, 0.1) is 6.61 Å². The van der Waals surface area contributed by atoms with Crippen molar-refractivity contribution in [1.29, 1.82) is 0 Å². The molecule has 0 aliphatic carbocycles. The summed E-state index contributed by atoms with van der Waals surface area (Å²) >= 11 is 5.77. The smallest absolute Gasteiger partial charge is 0.123 e. The highest BCUT2D eigenvalue weighted by Gasteiger charge is 1.98. The van der Waals surface area contributed by atoms with Crippen LogP contribution in [0.25, 0.3) is 6.08 Å². The molecule has 0 unspecified atom stereocenters. The summed E-state index contributed by atoms with van der Waals surface area (Å²) in [7, 11) is 0. The van der Waals surface area contributed by atoms with E-state index in [9.17, 15) is 4.79 Å². The fourth-order valence-electron chi connectivity index (χ4n) is 1.12. The van der Waals surface area contributed by atoms with E-state index in [-0.39, 0.29) is 6.61 Å². The summed E-state index contributed by atoms with van der Waals surface area (Å²) in [4.78, 5) is 10.1. The average molecular weight is 211 g/mol. The first-order valence-corrected chi connectivity index (χ1v) is 4.65. The molecule has 0 radical (unpaired) electrons. The summed E-state index contributed by atoms with van der Waals surface area (Å²) in [5.41, 5.74) is 1.65. The van der Waals surface area contributed by atoms with Crippen molar-refractivity contribution in [1.82, 2.24) is 0 Å². The maximum Gasteiger partial charge on any atom is 0.123 e. The van der Waals surface area contributed by atoms with Gasteiger partial charge in [-0.25, -0.2) is 0 Å². The molecule has 0 amide bonds. The molecule has 0 bridgehead atoms. The van der Waals surface area contributed by atoms with E-state index >= 15 is 0 Å². The molecule has 0 aliphatic heterocycles. The van der Waals surface area contributed by atoms with E-state index in [2.05, 4.69) is 0 Å². The first-order valence-electron chi connectivity index (χ1n) is 4.27. The summed E-state index contributed by atoms with van der Waals surface area (Å²) in [5.74, 6) is 0. The maximum atomic E-state index is 10.1. The van der Waals surface area contributed by atoms with Gasteiger partial charge in [-0.15, -0.1) is 0 Å². The lowest BCUT2D eigenvalue weighted by Gasteiger charge is -2.02. The van der Waals surface area contributed by atoms with E-state index in [1.807, 2.05) is 6.07 Å². The SMILES string of the molecule is O=CCC=Cc1ccc(Cl)cc1CO. The van der Waals surface area contributed by atoms with Gasteiger partial charge in [0.15, 0.2) is 0 Å². The second-order valence-corrected chi connectivity index (χ2v) is 3.24. The molecule has 0 atom stereocenters. The standard InChI is InChI=1S/C11H11ClO2/c12-11-5-4-9(3-1-2-6-13)10(7-11)8-14/h1,3-7,14H,2,8H2. The molecule has 1 aromatic carbocycles. The fourth-order valence-corrected chi connectivity index (χ4v) is 1.32. The Morgan fingerprint density at radius 3 is 2.86 bits per heavy atom. The van der Waals surface area contributed by atoms with Crippen LogP contribution < -0.4 is 0 Å². The van der Waals surface area contributed by atoms with Crippen molar-refractivity contribution in [3.05, 3.63) is 40.4 Å². The highest BCUT2D eigenvalue weighted by molar-refractivity contribution is 6.30. The number of hydrogen-bond acceptors (Lipinski definition) is 2. The summed E-state index contributed by atoms with van der Waals surface area (Å²) < 4.78 is 0. The Morgan fingerprint density at radius 1 is 1.43 bits per heavy atom. The van der Waals surface area contributed by atoms with Crippen LogP contribution in [0.5, 0.6) is 0 Å². The summed E-state index contributed by atoms with van der Waals surface area (Å²) in [6.45, 7) is -0.0542. The number of aliphatic hydroxyl groups is 1. The minimum absolute atomic E-state index is 0.0542. The topological polar surface area (TPSA) is 37.3 Å². The van der Waals surface area contributed by atoms with Crippen LogP contribution in [-0.2, 0) is 11.4 Å². The monoisotopic (exact) mass is 210 g/mol. The van der Waals surface area contributed by atoms with Gasteiger partial charge in [0.1, 0.15) is 6.29 Å². The number of aldehydes is 1. The van der Waals surface area contributed by atoms with E-state index in [0.29, 0.717) is 11.4 Å². The Balaban J connectivity index is 2.90. The third-order valence-electron chi connectivity index (χ3n) is 1.81. The molecule has 0 aromatic heterocycles. The first-order chi connectivity index (χ1) is 6.77. The predicted molar refractivity (Wildman–Crippen MR) is 57.1 cm³/mol. The van der Waals surface area contributed by atoms with E-state index in [0.717, 1.165) is 17.4 Å². The van der Waals surface area contributed by atoms with Crippen molar-refractivity contribution in [2.75, 3.05) is 0 Å². The van der Waals surface area contributed by atoms with Crippen LogP contribution in [0.2, 0.25) is 5.02 Å². The first kappa shape index (κ1) is 11.0. The fraction of sp³-hybridized carbons (Fsp3) is 0.182. The normalized spacial score (nSPS) is 10.7. The van der Waals surface area contributed by atoms with Crippen molar-refractivity contribution in [3.63, 3.8) is 0 Å². The minimum Gasteiger partial charge on any atom is -0.392 e. The molecule has 1 aromatic rings. The number of carbonyl (C=O) groups is 1. The molecule has 0 heterocycles. The zero-order valence-electron chi connectivity index (χ0n) is 7.61. The molecule has 0 spiro atoms. The summed E-state index contributed by atoms with van der Waals surface area (Å²) in [6, 6.07) is 5.28. The lowest BCUT2D eigenvalue weighted by atomic mass is 10.1. The molecule has 0 fully saturated rings. The van der Waals surface area contributed by atoms with Crippen LogP contribution in [0.15, 0.2) is 24.3 Å². The molecule has 0 saturated carbocycles. The number of rotatable bonds is 4. The molecular weight excluding hydrogens is 200 g/mol. The van der Waals surface area contributed by atoms with Crippen LogP contribution in [0, 0.1) is 0 Å². The number of allylic oxidation sites excluding steroid dienone is 1. The zero-order chi connectivity index (χ0) is 10.4. The zero-order valence-corrected chi connectivity index (χ0v) is 8.37. The molecule has 0 aliphatic rings. The van der Waals surface area contributed by atoms with Gasteiger partial charge in [0.25, 0.3) is 0 Å². The number of carbonyl (C=O) groups excluding carboxylic acids is 1. The summed E-state index contributed by atoms with van der Waals surface area (Å²) in [5, 5.41) is 9.64. The second kappa shape index (κ2) is 5.58. The van der Waals surface area contributed by atoms with E-state index in [1.165, 1.54) is 0 Å². The molecule has 1 N–H and O–H groups in total. The van der Waals surface area contributed by atoms with Crippen LogP contribution in [0.3, 0.4) is 0 Å². The van der Waals surface area contributed by atoms with Crippen molar-refractivity contribution >= 4 is 24.0 Å². The number of aliphatic hydroxyl groups excluding tert-OH is 1. The predicted octanol–water partition coefficient (Wildman–Crippen LogP) is 2.43. The second-order valence-electron chi connectivity index (χ2n) is 2.81. The number of benzene rings is 1. The molecule has 1 rings (SSSR count). The largest absolute Gasteiger partial charge is 0.392 e. The van der Waals surface area contributed by atoms with Crippen LogP contribution >= 0.6 is 11.6 Å². The Hall–Kier alpha value is -1.12. The van der Waals surface area contributed by atoms with Crippen LogP contribution in [0.1, 0.15) is 17.5 Å². The van der Waals surface area contributed by atoms with Crippen LogP contribution in [0.4, 0.5) is 0 Å². The molecule has 0 saturated heterocycles. The van der Waals surface area contributed by atoms with Crippen molar-refractivity contribution in [3.8, 4) is 0 Å². The Morgan fingerprint density at radius 2 is 2.21 bits per heavy atom. The van der Waals surface area contributed by atoms with Crippen molar-refractivity contribution in [2.45, 2.75) is 13.0 Å². The number of hydrogen-bond donors (Lipinski definition) is 1. The Kier molecular flexibility index (Phi) is 4.36. The number of halogens is 1. The van der Waals surface area contributed by atoms with Crippen molar-refractivity contribution < 1.29 is 9.90 Å². The molecule has 14 heavy (non-hydrogen) atoms. The Bertz CT molecular complexity index is 345. The van der Waals surface area contributed by atoms with Gasteiger partial charge in [-0.1, -0.05) is 29.8 Å². The van der Waals surface area contributed by atoms with Crippen LogP contribution in [-0.4, -0.2) is 11.4 Å². The minimum atomic E-state index is -0.0542. The van der Waals surface area contributed by atoms with Gasteiger partial charge in [-0.3, -0.25) is 0 Å². The van der Waals surface area contributed by atoms with E-state index < -0.39 is 0 Å². The van der Waals surface area contributed by atoms with Crippen molar-refractivity contribution in [2.24, 2.45) is 0 Å². The summed E-state index contributed by atoms with van der Waals surface area (Å²) in [6.07, 6.45) is 4.75. The molecule has 2 nitrogen and oxygen atoms in total. The van der Waals surface area contributed by atoms with Gasteiger partial charge in [0.2, 0.25) is 0 Å². The van der Waals surface area contributed by atoms with Gasteiger partial charge < -0.3 is 9.90 Å².